The number of carbonyl (C=O) groups excluding carboxylic acids is 2. The molecule has 0 aliphatic heterocycles. The summed E-state index contributed by atoms with van der Waals surface area (Å²) in [7, 11) is 0. The van der Waals surface area contributed by atoms with Gasteiger partial charge in [-0.25, -0.2) is 0 Å². The first kappa shape index (κ1) is 12.0. The molecule has 0 bridgehead atoms. The Morgan fingerprint density at radius 3 is 2.67 bits per heavy atom. The Morgan fingerprint density at radius 2 is 2.20 bits per heavy atom. The number of hydrogen-bond acceptors (Lipinski definition) is 4. The fourth-order valence-electron chi connectivity index (χ4n) is 1.03. The number of carbonyl (C=O) groups is 2. The van der Waals surface area contributed by atoms with Crippen LogP contribution in [0.1, 0.15) is 29.7 Å². The van der Waals surface area contributed by atoms with Crippen molar-refractivity contribution in [1.82, 2.24) is 0 Å². The highest BCUT2D eigenvalue weighted by atomic mass is 79.9. The van der Waals surface area contributed by atoms with E-state index in [1.165, 1.54) is 0 Å². The van der Waals surface area contributed by atoms with Crippen LogP contribution in [0, 0.1) is 6.92 Å². The Kier molecular flexibility index (Phi) is 4.08. The fourth-order valence-corrected chi connectivity index (χ4v) is 1.32. The molecule has 0 radical (unpaired) electrons. The van der Waals surface area contributed by atoms with Gasteiger partial charge in [0.1, 0.15) is 12.2 Å². The largest absolute Gasteiger partial charge is 0.466 e. The third kappa shape index (κ3) is 3.20. The van der Waals surface area contributed by atoms with Crippen molar-refractivity contribution in [2.45, 2.75) is 20.3 Å². The first-order valence-corrected chi connectivity index (χ1v) is 5.28. The molecule has 5 heteroatoms. The SMILES string of the molecule is CCOC(=O)CC(=O)c1cc(Br)c(C)o1. The van der Waals surface area contributed by atoms with E-state index >= 15 is 0 Å². The van der Waals surface area contributed by atoms with Gasteiger partial charge in [0.05, 0.1) is 11.1 Å². The van der Waals surface area contributed by atoms with E-state index in [-0.39, 0.29) is 24.6 Å². The van der Waals surface area contributed by atoms with Crippen molar-refractivity contribution in [3.63, 3.8) is 0 Å². The molecule has 0 aromatic carbocycles. The predicted octanol–water partition coefficient (Wildman–Crippen LogP) is 2.49. The van der Waals surface area contributed by atoms with Crippen molar-refractivity contribution in [3.05, 3.63) is 22.1 Å². The Morgan fingerprint density at radius 1 is 1.53 bits per heavy atom. The first-order chi connectivity index (χ1) is 7.04. The van der Waals surface area contributed by atoms with Crippen LogP contribution in [0.15, 0.2) is 15.0 Å². The van der Waals surface area contributed by atoms with Crippen molar-refractivity contribution in [2.75, 3.05) is 6.61 Å². The maximum Gasteiger partial charge on any atom is 0.313 e. The van der Waals surface area contributed by atoms with E-state index in [0.29, 0.717) is 5.76 Å². The minimum atomic E-state index is -0.535. The molecule has 0 unspecified atom stereocenters. The van der Waals surface area contributed by atoms with Crippen molar-refractivity contribution in [2.24, 2.45) is 0 Å². The highest BCUT2D eigenvalue weighted by Gasteiger charge is 2.17. The van der Waals surface area contributed by atoms with Crippen LogP contribution in [0.5, 0.6) is 0 Å². The molecule has 1 aromatic heterocycles. The van der Waals surface area contributed by atoms with E-state index in [4.69, 9.17) is 4.42 Å². The molecule has 0 N–H and O–H groups in total. The molecule has 0 aliphatic carbocycles. The minimum absolute atomic E-state index is 0.174. The zero-order chi connectivity index (χ0) is 11.4. The van der Waals surface area contributed by atoms with Crippen LogP contribution in [0.3, 0.4) is 0 Å². The molecule has 82 valence electrons. The normalized spacial score (nSPS) is 10.1. The molecule has 0 amide bonds. The maximum absolute atomic E-state index is 11.5. The van der Waals surface area contributed by atoms with Crippen LogP contribution in [-0.4, -0.2) is 18.4 Å². The number of hydrogen-bond donors (Lipinski definition) is 0. The van der Waals surface area contributed by atoms with Crippen LogP contribution in [0.2, 0.25) is 0 Å². The fraction of sp³-hybridized carbons (Fsp3) is 0.400. The van der Waals surface area contributed by atoms with Crippen LogP contribution < -0.4 is 0 Å². The lowest BCUT2D eigenvalue weighted by atomic mass is 10.2. The standard InChI is InChI=1S/C10H11BrO4/c1-3-14-10(13)5-8(12)9-4-7(11)6(2)15-9/h4H,3,5H2,1-2H3. The number of halogens is 1. The summed E-state index contributed by atoms with van der Waals surface area (Å²) in [5, 5.41) is 0. The van der Waals surface area contributed by atoms with E-state index in [2.05, 4.69) is 20.7 Å². The quantitative estimate of drug-likeness (QED) is 0.481. The molecule has 1 heterocycles. The molecule has 0 atom stereocenters. The summed E-state index contributed by atoms with van der Waals surface area (Å²) in [5.74, 6) is -0.121. The van der Waals surface area contributed by atoms with E-state index in [1.807, 2.05) is 0 Å². The molecule has 0 fully saturated rings. The Bertz CT molecular complexity index is 361. The van der Waals surface area contributed by atoms with Gasteiger partial charge in [-0.05, 0) is 29.8 Å². The van der Waals surface area contributed by atoms with Gasteiger partial charge in [0.25, 0.3) is 0 Å². The Balaban J connectivity index is 2.65. The average molecular weight is 275 g/mol. The molecule has 1 aromatic rings. The summed E-state index contributed by atoms with van der Waals surface area (Å²) in [6.07, 6.45) is -0.284. The number of ether oxygens (including phenoxy) is 1. The van der Waals surface area contributed by atoms with Crippen LogP contribution in [-0.2, 0) is 9.53 Å². The lowest BCUT2D eigenvalue weighted by Gasteiger charge is -1.98. The second-order valence-electron chi connectivity index (χ2n) is 2.92. The summed E-state index contributed by atoms with van der Waals surface area (Å²) in [6, 6.07) is 1.55. The van der Waals surface area contributed by atoms with Gasteiger partial charge < -0.3 is 9.15 Å². The summed E-state index contributed by atoms with van der Waals surface area (Å²) < 4.78 is 10.5. The minimum Gasteiger partial charge on any atom is -0.466 e. The molecule has 1 rings (SSSR count). The topological polar surface area (TPSA) is 56.5 Å². The zero-order valence-corrected chi connectivity index (χ0v) is 10.1. The molecule has 0 saturated carbocycles. The highest BCUT2D eigenvalue weighted by molar-refractivity contribution is 9.10. The van der Waals surface area contributed by atoms with E-state index < -0.39 is 5.97 Å². The lowest BCUT2D eigenvalue weighted by Crippen LogP contribution is -2.10. The van der Waals surface area contributed by atoms with Crippen molar-refractivity contribution < 1.29 is 18.7 Å². The number of furan rings is 1. The smallest absolute Gasteiger partial charge is 0.313 e. The summed E-state index contributed by atoms with van der Waals surface area (Å²) in [6.45, 7) is 3.69. The molecule has 0 spiro atoms. The van der Waals surface area contributed by atoms with Crippen LogP contribution in [0.25, 0.3) is 0 Å². The molecule has 4 nitrogen and oxygen atoms in total. The van der Waals surface area contributed by atoms with Gasteiger partial charge in [-0.2, -0.15) is 0 Å². The first-order valence-electron chi connectivity index (χ1n) is 4.49. The number of aryl methyl sites for hydroxylation is 1. The number of Topliss-reactive ketones (excluding diaryl/α,β-unsaturated/α-hetero) is 1. The highest BCUT2D eigenvalue weighted by Crippen LogP contribution is 2.21. The third-order valence-corrected chi connectivity index (χ3v) is 2.53. The maximum atomic E-state index is 11.5. The van der Waals surface area contributed by atoms with Crippen LogP contribution >= 0.6 is 15.9 Å². The van der Waals surface area contributed by atoms with E-state index in [9.17, 15) is 9.59 Å². The number of rotatable bonds is 4. The second kappa shape index (κ2) is 5.11. The van der Waals surface area contributed by atoms with Gasteiger partial charge >= 0.3 is 5.97 Å². The third-order valence-electron chi connectivity index (χ3n) is 1.74. The molecule has 0 aliphatic rings. The van der Waals surface area contributed by atoms with E-state index in [1.54, 1.807) is 19.9 Å². The molecule has 15 heavy (non-hydrogen) atoms. The number of ketones is 1. The Hall–Kier alpha value is -1.10. The molecular formula is C10H11BrO4. The van der Waals surface area contributed by atoms with Crippen molar-refractivity contribution in [1.29, 1.82) is 0 Å². The van der Waals surface area contributed by atoms with Gasteiger partial charge in [-0.1, -0.05) is 0 Å². The average Bonchev–Trinajstić information content (AvgIpc) is 2.47. The Labute approximate surface area is 95.7 Å². The lowest BCUT2D eigenvalue weighted by molar-refractivity contribution is -0.142. The summed E-state index contributed by atoms with van der Waals surface area (Å²) in [5.41, 5.74) is 0. The van der Waals surface area contributed by atoms with Gasteiger partial charge in [0.2, 0.25) is 5.78 Å². The van der Waals surface area contributed by atoms with Gasteiger partial charge in [0.15, 0.2) is 5.76 Å². The summed E-state index contributed by atoms with van der Waals surface area (Å²) in [4.78, 5) is 22.5. The monoisotopic (exact) mass is 274 g/mol. The van der Waals surface area contributed by atoms with Gasteiger partial charge in [-0.15, -0.1) is 0 Å². The summed E-state index contributed by atoms with van der Waals surface area (Å²) >= 11 is 3.22. The molecule has 0 saturated heterocycles. The van der Waals surface area contributed by atoms with E-state index in [0.717, 1.165) is 4.47 Å². The van der Waals surface area contributed by atoms with Gasteiger partial charge in [0, 0.05) is 6.07 Å². The van der Waals surface area contributed by atoms with Crippen LogP contribution in [0.4, 0.5) is 0 Å². The zero-order valence-electron chi connectivity index (χ0n) is 8.50. The second-order valence-corrected chi connectivity index (χ2v) is 3.77. The molecular weight excluding hydrogens is 264 g/mol. The predicted molar refractivity (Wildman–Crippen MR) is 56.7 cm³/mol. The van der Waals surface area contributed by atoms with Gasteiger partial charge in [-0.3, -0.25) is 9.59 Å². The number of esters is 1. The van der Waals surface area contributed by atoms with Crippen molar-refractivity contribution in [3.8, 4) is 0 Å². The van der Waals surface area contributed by atoms with Crippen molar-refractivity contribution >= 4 is 27.7 Å².